The van der Waals surface area contributed by atoms with Gasteiger partial charge in [-0.25, -0.2) is 4.79 Å². The van der Waals surface area contributed by atoms with Crippen molar-refractivity contribution in [2.24, 2.45) is 0 Å². The summed E-state index contributed by atoms with van der Waals surface area (Å²) in [5.74, 6) is -0.00595. The number of nitrogens with one attached hydrogen (secondary N) is 3. The summed E-state index contributed by atoms with van der Waals surface area (Å²) in [7, 11) is 0. The number of benzene rings is 2. The van der Waals surface area contributed by atoms with Gasteiger partial charge in [0.05, 0.1) is 6.54 Å². The summed E-state index contributed by atoms with van der Waals surface area (Å²) in [4.78, 5) is 29.1. The third-order valence-corrected chi connectivity index (χ3v) is 6.09. The van der Waals surface area contributed by atoms with E-state index in [1.807, 2.05) is 36.4 Å². The van der Waals surface area contributed by atoms with Crippen molar-refractivity contribution in [3.63, 3.8) is 0 Å². The van der Waals surface area contributed by atoms with Gasteiger partial charge in [-0.3, -0.25) is 14.6 Å². The third kappa shape index (κ3) is 8.51. The van der Waals surface area contributed by atoms with Gasteiger partial charge in [-0.1, -0.05) is 56.3 Å². The molecule has 178 valence electrons. The van der Waals surface area contributed by atoms with Crippen LogP contribution in [0.15, 0.2) is 54.6 Å². The van der Waals surface area contributed by atoms with E-state index in [-0.39, 0.29) is 18.0 Å². The zero-order chi connectivity index (χ0) is 23.5. The Bertz CT molecular complexity index is 877. The van der Waals surface area contributed by atoms with Crippen LogP contribution in [0.4, 0.5) is 10.5 Å². The van der Waals surface area contributed by atoms with Crippen LogP contribution in [-0.4, -0.2) is 60.5 Å². The lowest BCUT2D eigenvalue weighted by atomic mass is 10.1. The SMILES string of the molecule is CCN(CC)Cc1cccc(CNC(=O)NC2CCN(CC(=O)Nc3ccccc3)CC2)c1. The lowest BCUT2D eigenvalue weighted by molar-refractivity contribution is -0.117. The first-order chi connectivity index (χ1) is 16.1. The zero-order valence-corrected chi connectivity index (χ0v) is 19.8. The lowest BCUT2D eigenvalue weighted by Gasteiger charge is -2.31. The van der Waals surface area contributed by atoms with Gasteiger partial charge in [0.2, 0.25) is 5.91 Å². The Balaban J connectivity index is 1.35. The number of likely N-dealkylation sites (tertiary alicyclic amines) is 1. The van der Waals surface area contributed by atoms with Crippen LogP contribution in [0.25, 0.3) is 0 Å². The monoisotopic (exact) mass is 451 g/mol. The van der Waals surface area contributed by atoms with Crippen LogP contribution >= 0.6 is 0 Å². The molecule has 33 heavy (non-hydrogen) atoms. The molecule has 0 atom stereocenters. The molecule has 0 radical (unpaired) electrons. The maximum atomic E-state index is 12.4. The standard InChI is InChI=1S/C26H37N5O2/c1-3-30(4-2)19-22-10-8-9-21(17-22)18-27-26(33)29-24-13-15-31(16-14-24)20-25(32)28-23-11-6-5-7-12-23/h5-12,17,24H,3-4,13-16,18-20H2,1-2H3,(H,28,32)(H2,27,29,33). The molecule has 0 saturated carbocycles. The van der Waals surface area contributed by atoms with E-state index in [1.165, 1.54) is 5.56 Å². The van der Waals surface area contributed by atoms with Gasteiger partial charge in [-0.05, 0) is 49.2 Å². The number of nitrogens with zero attached hydrogens (tertiary/aromatic N) is 2. The predicted octanol–water partition coefficient (Wildman–Crippen LogP) is 3.43. The van der Waals surface area contributed by atoms with E-state index >= 15 is 0 Å². The quantitative estimate of drug-likeness (QED) is 0.517. The Morgan fingerprint density at radius 1 is 0.970 bits per heavy atom. The largest absolute Gasteiger partial charge is 0.335 e. The molecule has 7 nitrogen and oxygen atoms in total. The molecule has 1 aliphatic heterocycles. The van der Waals surface area contributed by atoms with Crippen LogP contribution in [0.3, 0.4) is 0 Å². The number of carbonyl (C=O) groups is 2. The number of rotatable bonds is 10. The number of urea groups is 1. The van der Waals surface area contributed by atoms with E-state index in [9.17, 15) is 9.59 Å². The molecule has 1 fully saturated rings. The molecule has 0 aliphatic carbocycles. The van der Waals surface area contributed by atoms with Crippen molar-refractivity contribution >= 4 is 17.6 Å². The fourth-order valence-corrected chi connectivity index (χ4v) is 4.12. The Labute approximate surface area is 197 Å². The highest BCUT2D eigenvalue weighted by atomic mass is 16.2. The van der Waals surface area contributed by atoms with Gasteiger partial charge in [-0.2, -0.15) is 0 Å². The van der Waals surface area contributed by atoms with Crippen LogP contribution in [0, 0.1) is 0 Å². The van der Waals surface area contributed by atoms with Crippen molar-refractivity contribution in [2.45, 2.75) is 45.8 Å². The van der Waals surface area contributed by atoms with Crippen molar-refractivity contribution in [1.29, 1.82) is 0 Å². The molecule has 2 aromatic carbocycles. The zero-order valence-electron chi connectivity index (χ0n) is 19.8. The van der Waals surface area contributed by atoms with Crippen LogP contribution in [0.1, 0.15) is 37.8 Å². The van der Waals surface area contributed by atoms with Gasteiger partial charge in [0.15, 0.2) is 0 Å². The third-order valence-electron chi connectivity index (χ3n) is 6.09. The molecule has 3 amide bonds. The second-order valence-electron chi connectivity index (χ2n) is 8.57. The van der Waals surface area contributed by atoms with Gasteiger partial charge in [0.25, 0.3) is 0 Å². The van der Waals surface area contributed by atoms with Gasteiger partial charge < -0.3 is 16.0 Å². The number of hydrogen-bond acceptors (Lipinski definition) is 4. The number of carbonyl (C=O) groups excluding carboxylic acids is 2. The summed E-state index contributed by atoms with van der Waals surface area (Å²) in [6.07, 6.45) is 1.68. The van der Waals surface area contributed by atoms with Crippen molar-refractivity contribution in [1.82, 2.24) is 20.4 Å². The van der Waals surface area contributed by atoms with Crippen LogP contribution in [0.2, 0.25) is 0 Å². The van der Waals surface area contributed by atoms with E-state index < -0.39 is 0 Å². The van der Waals surface area contributed by atoms with Crippen molar-refractivity contribution in [3.8, 4) is 0 Å². The molecule has 0 unspecified atom stereocenters. The average molecular weight is 452 g/mol. The second-order valence-corrected chi connectivity index (χ2v) is 8.57. The highest BCUT2D eigenvalue weighted by Crippen LogP contribution is 2.12. The summed E-state index contributed by atoms with van der Waals surface area (Å²) >= 11 is 0. The number of piperidine rings is 1. The Hall–Kier alpha value is -2.90. The molecule has 0 aromatic heterocycles. The smallest absolute Gasteiger partial charge is 0.315 e. The fourth-order valence-electron chi connectivity index (χ4n) is 4.12. The number of anilines is 1. The minimum atomic E-state index is -0.135. The topological polar surface area (TPSA) is 76.7 Å². The summed E-state index contributed by atoms with van der Waals surface area (Å²) in [5, 5.41) is 8.99. The predicted molar refractivity (Wildman–Crippen MR) is 133 cm³/mol. The van der Waals surface area contributed by atoms with Crippen LogP contribution in [-0.2, 0) is 17.9 Å². The molecular formula is C26H37N5O2. The number of para-hydroxylation sites is 1. The molecule has 3 N–H and O–H groups in total. The van der Waals surface area contributed by atoms with Gasteiger partial charge in [0, 0.05) is 37.9 Å². The van der Waals surface area contributed by atoms with Gasteiger partial charge in [0.1, 0.15) is 0 Å². The fraction of sp³-hybridized carbons (Fsp3) is 0.462. The summed E-state index contributed by atoms with van der Waals surface area (Å²) < 4.78 is 0. The van der Waals surface area contributed by atoms with Crippen molar-refractivity contribution < 1.29 is 9.59 Å². The molecule has 0 bridgehead atoms. The number of amides is 3. The van der Waals surface area contributed by atoms with Crippen LogP contribution < -0.4 is 16.0 Å². The minimum absolute atomic E-state index is 0.00595. The van der Waals surface area contributed by atoms with E-state index in [1.54, 1.807) is 0 Å². The van der Waals surface area contributed by atoms with Crippen molar-refractivity contribution in [2.75, 3.05) is 38.0 Å². The Morgan fingerprint density at radius 3 is 2.36 bits per heavy atom. The maximum absolute atomic E-state index is 12.4. The highest BCUT2D eigenvalue weighted by molar-refractivity contribution is 5.92. The maximum Gasteiger partial charge on any atom is 0.315 e. The first kappa shape index (κ1) is 24.7. The average Bonchev–Trinajstić information content (AvgIpc) is 2.83. The highest BCUT2D eigenvalue weighted by Gasteiger charge is 2.22. The van der Waals surface area contributed by atoms with Gasteiger partial charge >= 0.3 is 6.03 Å². The summed E-state index contributed by atoms with van der Waals surface area (Å²) in [5.41, 5.74) is 3.19. The molecule has 2 aromatic rings. The molecule has 7 heteroatoms. The molecule has 3 rings (SSSR count). The summed E-state index contributed by atoms with van der Waals surface area (Å²) in [6.45, 7) is 9.78. The Kier molecular flexibility index (Phi) is 9.72. The van der Waals surface area contributed by atoms with E-state index in [4.69, 9.17) is 0 Å². The van der Waals surface area contributed by atoms with E-state index in [0.717, 1.165) is 56.8 Å². The second kappa shape index (κ2) is 13.0. The van der Waals surface area contributed by atoms with E-state index in [2.05, 4.69) is 57.8 Å². The van der Waals surface area contributed by atoms with E-state index in [0.29, 0.717) is 13.1 Å². The molecule has 1 saturated heterocycles. The first-order valence-electron chi connectivity index (χ1n) is 12.0. The molecule has 0 spiro atoms. The Morgan fingerprint density at radius 2 is 1.67 bits per heavy atom. The van der Waals surface area contributed by atoms with Crippen LogP contribution in [0.5, 0.6) is 0 Å². The van der Waals surface area contributed by atoms with Gasteiger partial charge in [-0.15, -0.1) is 0 Å². The molecular weight excluding hydrogens is 414 g/mol. The first-order valence-corrected chi connectivity index (χ1v) is 12.0. The minimum Gasteiger partial charge on any atom is -0.335 e. The summed E-state index contributed by atoms with van der Waals surface area (Å²) in [6, 6.07) is 17.9. The lowest BCUT2D eigenvalue weighted by Crippen LogP contribution is -2.48. The normalized spacial score (nSPS) is 14.8. The molecule has 1 aliphatic rings. The van der Waals surface area contributed by atoms with Crippen molar-refractivity contribution in [3.05, 3.63) is 65.7 Å². The molecule has 1 heterocycles. The number of hydrogen-bond donors (Lipinski definition) is 3.